The number of rotatable bonds is 5. The van der Waals surface area contributed by atoms with Crippen molar-refractivity contribution in [1.82, 2.24) is 10.3 Å². The lowest BCUT2D eigenvalue weighted by Crippen LogP contribution is -2.20. The zero-order valence-corrected chi connectivity index (χ0v) is 12.7. The fourth-order valence-corrected chi connectivity index (χ4v) is 2.00. The molecule has 7 heteroatoms. The first kappa shape index (κ1) is 16.4. The molecule has 0 aliphatic rings. The summed E-state index contributed by atoms with van der Waals surface area (Å²) in [5.74, 6) is -0.989. The van der Waals surface area contributed by atoms with E-state index in [1.807, 2.05) is 0 Å². The Morgan fingerprint density at radius 1 is 1.30 bits per heavy atom. The monoisotopic (exact) mass is 317 g/mol. The van der Waals surface area contributed by atoms with Crippen LogP contribution in [0, 0.1) is 5.82 Å². The van der Waals surface area contributed by atoms with Crippen molar-refractivity contribution in [2.24, 2.45) is 0 Å². The highest BCUT2D eigenvalue weighted by Gasteiger charge is 2.13. The van der Waals surface area contributed by atoms with Crippen LogP contribution in [0.3, 0.4) is 0 Å². The SMILES string of the molecule is CNC(=O)c1cccnc1NCc1cc(C(=O)OC)ccc1F. The number of esters is 1. The van der Waals surface area contributed by atoms with Crippen LogP contribution < -0.4 is 10.6 Å². The smallest absolute Gasteiger partial charge is 0.337 e. The summed E-state index contributed by atoms with van der Waals surface area (Å²) in [5, 5.41) is 5.41. The predicted molar refractivity (Wildman–Crippen MR) is 82.7 cm³/mol. The molecule has 1 heterocycles. The third kappa shape index (κ3) is 3.82. The molecule has 0 aliphatic carbocycles. The Hall–Kier alpha value is -2.96. The van der Waals surface area contributed by atoms with Crippen LogP contribution in [0.1, 0.15) is 26.3 Å². The van der Waals surface area contributed by atoms with E-state index in [9.17, 15) is 14.0 Å². The van der Waals surface area contributed by atoms with Crippen LogP contribution in [0.4, 0.5) is 10.2 Å². The van der Waals surface area contributed by atoms with Gasteiger partial charge in [0.25, 0.3) is 5.91 Å². The molecule has 2 aromatic rings. The van der Waals surface area contributed by atoms with Gasteiger partial charge in [-0.2, -0.15) is 0 Å². The number of carbonyl (C=O) groups excluding carboxylic acids is 2. The molecule has 120 valence electrons. The van der Waals surface area contributed by atoms with Crippen LogP contribution in [0.15, 0.2) is 36.5 Å². The van der Waals surface area contributed by atoms with Gasteiger partial charge >= 0.3 is 5.97 Å². The van der Waals surface area contributed by atoms with Crippen molar-refractivity contribution in [3.63, 3.8) is 0 Å². The number of ether oxygens (including phenoxy) is 1. The molecule has 0 atom stereocenters. The van der Waals surface area contributed by atoms with Gasteiger partial charge in [0.1, 0.15) is 11.6 Å². The van der Waals surface area contributed by atoms with E-state index in [1.165, 1.54) is 38.6 Å². The number of halogens is 1. The van der Waals surface area contributed by atoms with Crippen molar-refractivity contribution in [3.05, 3.63) is 59.0 Å². The molecule has 0 saturated carbocycles. The fourth-order valence-electron chi connectivity index (χ4n) is 2.00. The van der Waals surface area contributed by atoms with Crippen molar-refractivity contribution in [3.8, 4) is 0 Å². The second kappa shape index (κ2) is 7.35. The van der Waals surface area contributed by atoms with E-state index in [1.54, 1.807) is 12.1 Å². The molecular formula is C16H16FN3O3. The van der Waals surface area contributed by atoms with Gasteiger partial charge in [-0.1, -0.05) is 0 Å². The minimum absolute atomic E-state index is 0.0671. The summed E-state index contributed by atoms with van der Waals surface area (Å²) in [4.78, 5) is 27.4. The lowest BCUT2D eigenvalue weighted by atomic mass is 10.1. The highest BCUT2D eigenvalue weighted by Crippen LogP contribution is 2.16. The average Bonchev–Trinajstić information content (AvgIpc) is 2.59. The van der Waals surface area contributed by atoms with E-state index < -0.39 is 11.8 Å². The molecule has 0 aliphatic heterocycles. The number of hydrogen-bond donors (Lipinski definition) is 2. The summed E-state index contributed by atoms with van der Waals surface area (Å²) in [5.41, 5.74) is 0.860. The van der Waals surface area contributed by atoms with Gasteiger partial charge in [0.2, 0.25) is 0 Å². The molecule has 2 rings (SSSR count). The van der Waals surface area contributed by atoms with Crippen molar-refractivity contribution in [2.45, 2.75) is 6.54 Å². The average molecular weight is 317 g/mol. The van der Waals surface area contributed by atoms with Crippen LogP contribution in [0.5, 0.6) is 0 Å². The van der Waals surface area contributed by atoms with Gasteiger partial charge in [-0.3, -0.25) is 4.79 Å². The number of hydrogen-bond acceptors (Lipinski definition) is 5. The number of amides is 1. The maximum Gasteiger partial charge on any atom is 0.337 e. The standard InChI is InChI=1S/C16H16FN3O3/c1-18-15(21)12-4-3-7-19-14(12)20-9-11-8-10(16(22)23-2)5-6-13(11)17/h3-8H,9H2,1-2H3,(H,18,21)(H,19,20). The highest BCUT2D eigenvalue weighted by molar-refractivity contribution is 5.98. The molecule has 0 fully saturated rings. The Balaban J connectivity index is 2.22. The summed E-state index contributed by atoms with van der Waals surface area (Å²) in [7, 11) is 2.77. The molecule has 6 nitrogen and oxygen atoms in total. The van der Waals surface area contributed by atoms with Gasteiger partial charge in [-0.25, -0.2) is 14.2 Å². The Labute approximate surface area is 132 Å². The lowest BCUT2D eigenvalue weighted by Gasteiger charge is -2.11. The van der Waals surface area contributed by atoms with Crippen LogP contribution >= 0.6 is 0 Å². The van der Waals surface area contributed by atoms with Crippen molar-refractivity contribution in [2.75, 3.05) is 19.5 Å². The summed E-state index contributed by atoms with van der Waals surface area (Å²) < 4.78 is 18.5. The molecule has 0 spiro atoms. The first-order chi connectivity index (χ1) is 11.1. The van der Waals surface area contributed by atoms with Crippen molar-refractivity contribution in [1.29, 1.82) is 0 Å². The topological polar surface area (TPSA) is 80.3 Å². The second-order valence-electron chi connectivity index (χ2n) is 4.63. The van der Waals surface area contributed by atoms with Crippen LogP contribution in [0.2, 0.25) is 0 Å². The normalized spacial score (nSPS) is 10.0. The molecule has 1 aromatic heterocycles. The van der Waals surface area contributed by atoms with E-state index >= 15 is 0 Å². The zero-order chi connectivity index (χ0) is 16.8. The lowest BCUT2D eigenvalue weighted by molar-refractivity contribution is 0.0600. The molecule has 0 bridgehead atoms. The molecule has 0 radical (unpaired) electrons. The van der Waals surface area contributed by atoms with Gasteiger partial charge in [0, 0.05) is 25.4 Å². The Morgan fingerprint density at radius 2 is 2.09 bits per heavy atom. The molecule has 23 heavy (non-hydrogen) atoms. The summed E-state index contributed by atoms with van der Waals surface area (Å²) in [6, 6.07) is 7.18. The second-order valence-corrected chi connectivity index (χ2v) is 4.63. The van der Waals surface area contributed by atoms with Gasteiger partial charge in [-0.15, -0.1) is 0 Å². The van der Waals surface area contributed by atoms with Crippen molar-refractivity contribution >= 4 is 17.7 Å². The molecule has 1 aromatic carbocycles. The summed E-state index contributed by atoms with van der Waals surface area (Å²) >= 11 is 0. The van der Waals surface area contributed by atoms with Gasteiger partial charge in [0.15, 0.2) is 0 Å². The summed E-state index contributed by atoms with van der Waals surface area (Å²) in [6.07, 6.45) is 1.52. The third-order valence-electron chi connectivity index (χ3n) is 3.19. The largest absolute Gasteiger partial charge is 0.465 e. The number of anilines is 1. The number of nitrogens with zero attached hydrogens (tertiary/aromatic N) is 1. The predicted octanol–water partition coefficient (Wildman–Crippen LogP) is 1.98. The Morgan fingerprint density at radius 3 is 2.78 bits per heavy atom. The van der Waals surface area contributed by atoms with E-state index in [4.69, 9.17) is 0 Å². The van der Waals surface area contributed by atoms with E-state index in [0.717, 1.165) is 0 Å². The Bertz CT molecular complexity index is 734. The zero-order valence-electron chi connectivity index (χ0n) is 12.7. The Kier molecular flexibility index (Phi) is 5.24. The minimum atomic E-state index is -0.546. The fraction of sp³-hybridized carbons (Fsp3) is 0.188. The van der Waals surface area contributed by atoms with Crippen LogP contribution in [-0.4, -0.2) is 31.0 Å². The van der Waals surface area contributed by atoms with E-state index in [-0.39, 0.29) is 23.6 Å². The van der Waals surface area contributed by atoms with Gasteiger partial charge in [0.05, 0.1) is 18.2 Å². The van der Waals surface area contributed by atoms with Crippen LogP contribution in [0.25, 0.3) is 0 Å². The molecule has 0 unspecified atom stereocenters. The molecular weight excluding hydrogens is 301 g/mol. The first-order valence-electron chi connectivity index (χ1n) is 6.84. The van der Waals surface area contributed by atoms with Gasteiger partial charge < -0.3 is 15.4 Å². The van der Waals surface area contributed by atoms with E-state index in [2.05, 4.69) is 20.4 Å². The maximum atomic E-state index is 13.9. The number of methoxy groups -OCH3 is 1. The molecule has 1 amide bonds. The highest BCUT2D eigenvalue weighted by atomic mass is 19.1. The number of nitrogens with one attached hydrogen (secondary N) is 2. The molecule has 2 N–H and O–H groups in total. The minimum Gasteiger partial charge on any atom is -0.465 e. The maximum absolute atomic E-state index is 13.9. The molecule has 0 saturated heterocycles. The number of benzene rings is 1. The number of carbonyl (C=O) groups is 2. The summed E-state index contributed by atoms with van der Waals surface area (Å²) in [6.45, 7) is 0.0671. The van der Waals surface area contributed by atoms with Crippen LogP contribution in [-0.2, 0) is 11.3 Å². The first-order valence-corrected chi connectivity index (χ1v) is 6.84. The van der Waals surface area contributed by atoms with Gasteiger partial charge in [-0.05, 0) is 30.3 Å². The van der Waals surface area contributed by atoms with Crippen molar-refractivity contribution < 1.29 is 18.7 Å². The number of pyridine rings is 1. The third-order valence-corrected chi connectivity index (χ3v) is 3.19. The quantitative estimate of drug-likeness (QED) is 0.824. The number of aromatic nitrogens is 1. The van der Waals surface area contributed by atoms with E-state index in [0.29, 0.717) is 11.4 Å².